The SMILES string of the molecule is C[C@@H]1CC(=O)N(S(=O)(=O)c2cncc(Br)c2)C1. The third-order valence-corrected chi connectivity index (χ3v) is 4.73. The van der Waals surface area contributed by atoms with Crippen molar-refractivity contribution in [2.75, 3.05) is 6.54 Å². The zero-order chi connectivity index (χ0) is 12.6. The number of hydrogen-bond donors (Lipinski definition) is 0. The molecular weight excluding hydrogens is 308 g/mol. The standard InChI is InChI=1S/C10H11BrN2O3S/c1-7-2-10(14)13(6-7)17(15,16)9-3-8(11)4-12-5-9/h3-5,7H,2,6H2,1H3/t7-/m1/s1. The molecule has 1 fully saturated rings. The second-order valence-electron chi connectivity index (χ2n) is 4.08. The van der Waals surface area contributed by atoms with Gasteiger partial charge in [-0.1, -0.05) is 6.92 Å². The fraction of sp³-hybridized carbons (Fsp3) is 0.400. The van der Waals surface area contributed by atoms with E-state index in [0.29, 0.717) is 4.47 Å². The Morgan fingerprint density at radius 1 is 1.47 bits per heavy atom. The highest BCUT2D eigenvalue weighted by molar-refractivity contribution is 9.10. The lowest BCUT2D eigenvalue weighted by atomic mass is 10.2. The van der Waals surface area contributed by atoms with Crippen LogP contribution in [0.3, 0.4) is 0 Å². The highest BCUT2D eigenvalue weighted by atomic mass is 79.9. The van der Waals surface area contributed by atoms with Crippen LogP contribution in [0.25, 0.3) is 0 Å². The van der Waals surface area contributed by atoms with E-state index in [0.717, 1.165) is 4.31 Å². The fourth-order valence-corrected chi connectivity index (χ4v) is 3.78. The molecule has 1 aliphatic rings. The van der Waals surface area contributed by atoms with E-state index in [2.05, 4.69) is 20.9 Å². The zero-order valence-corrected chi connectivity index (χ0v) is 11.5. The van der Waals surface area contributed by atoms with Crippen molar-refractivity contribution in [3.8, 4) is 0 Å². The van der Waals surface area contributed by atoms with Crippen molar-refractivity contribution in [3.63, 3.8) is 0 Å². The van der Waals surface area contributed by atoms with Gasteiger partial charge in [0.2, 0.25) is 5.91 Å². The van der Waals surface area contributed by atoms with Crippen molar-refractivity contribution in [3.05, 3.63) is 22.9 Å². The summed E-state index contributed by atoms with van der Waals surface area (Å²) in [6, 6.07) is 1.44. The molecule has 0 spiro atoms. The molecule has 0 radical (unpaired) electrons. The van der Waals surface area contributed by atoms with Crippen LogP contribution in [0.4, 0.5) is 0 Å². The van der Waals surface area contributed by atoms with Crippen LogP contribution in [0.2, 0.25) is 0 Å². The first-order valence-corrected chi connectivity index (χ1v) is 7.30. The summed E-state index contributed by atoms with van der Waals surface area (Å²) in [6.45, 7) is 2.10. The lowest BCUT2D eigenvalue weighted by molar-refractivity contribution is -0.123. The number of pyridine rings is 1. The Hall–Kier alpha value is -0.950. The van der Waals surface area contributed by atoms with Crippen LogP contribution in [-0.2, 0) is 14.8 Å². The van der Waals surface area contributed by atoms with Crippen LogP contribution in [-0.4, -0.2) is 30.2 Å². The molecule has 0 saturated carbocycles. The summed E-state index contributed by atoms with van der Waals surface area (Å²) < 4.78 is 25.9. The Kier molecular flexibility index (Phi) is 3.22. The van der Waals surface area contributed by atoms with E-state index >= 15 is 0 Å². The molecule has 17 heavy (non-hydrogen) atoms. The van der Waals surface area contributed by atoms with Gasteiger partial charge in [0.15, 0.2) is 0 Å². The van der Waals surface area contributed by atoms with E-state index in [4.69, 9.17) is 0 Å². The van der Waals surface area contributed by atoms with Gasteiger partial charge in [0.1, 0.15) is 4.90 Å². The number of amides is 1. The number of aromatic nitrogens is 1. The van der Waals surface area contributed by atoms with Gasteiger partial charge in [-0.05, 0) is 27.9 Å². The second-order valence-corrected chi connectivity index (χ2v) is 6.86. The minimum absolute atomic E-state index is 0.0364. The molecule has 7 heteroatoms. The summed E-state index contributed by atoms with van der Waals surface area (Å²) in [7, 11) is -3.75. The number of halogens is 1. The Balaban J connectivity index is 2.41. The Bertz CT molecular complexity index is 558. The monoisotopic (exact) mass is 318 g/mol. The fourth-order valence-electron chi connectivity index (χ4n) is 1.74. The molecule has 92 valence electrons. The number of carbonyl (C=O) groups excluding carboxylic acids is 1. The van der Waals surface area contributed by atoms with Crippen molar-refractivity contribution < 1.29 is 13.2 Å². The summed E-state index contributed by atoms with van der Waals surface area (Å²) in [4.78, 5) is 15.4. The zero-order valence-electron chi connectivity index (χ0n) is 9.13. The first kappa shape index (κ1) is 12.5. The van der Waals surface area contributed by atoms with Crippen LogP contribution >= 0.6 is 15.9 Å². The smallest absolute Gasteiger partial charge is 0.268 e. The molecular formula is C10H11BrN2O3S. The predicted molar refractivity (Wildman–Crippen MR) is 64.6 cm³/mol. The van der Waals surface area contributed by atoms with Crippen LogP contribution in [0.1, 0.15) is 13.3 Å². The van der Waals surface area contributed by atoms with E-state index < -0.39 is 10.0 Å². The molecule has 0 aromatic carbocycles. The topological polar surface area (TPSA) is 67.3 Å². The minimum Gasteiger partial charge on any atom is -0.274 e. The molecule has 1 saturated heterocycles. The lowest BCUT2D eigenvalue weighted by Crippen LogP contribution is -2.32. The largest absolute Gasteiger partial charge is 0.274 e. The van der Waals surface area contributed by atoms with Crippen LogP contribution in [0.5, 0.6) is 0 Å². The first-order valence-electron chi connectivity index (χ1n) is 5.07. The summed E-state index contributed by atoms with van der Waals surface area (Å²) in [5.41, 5.74) is 0. The van der Waals surface area contributed by atoms with E-state index in [9.17, 15) is 13.2 Å². The minimum atomic E-state index is -3.75. The predicted octanol–water partition coefficient (Wildman–Crippen LogP) is 1.40. The molecule has 1 aliphatic heterocycles. The van der Waals surface area contributed by atoms with E-state index in [1.165, 1.54) is 18.5 Å². The summed E-state index contributed by atoms with van der Waals surface area (Å²) in [5.74, 6) is -0.283. The van der Waals surface area contributed by atoms with Gasteiger partial charge in [-0.2, -0.15) is 0 Å². The van der Waals surface area contributed by atoms with Gasteiger partial charge in [-0.15, -0.1) is 0 Å². The summed E-state index contributed by atoms with van der Waals surface area (Å²) >= 11 is 3.16. The van der Waals surface area contributed by atoms with Gasteiger partial charge >= 0.3 is 0 Å². The quantitative estimate of drug-likeness (QED) is 0.826. The molecule has 1 atom stereocenters. The number of hydrogen-bond acceptors (Lipinski definition) is 4. The average Bonchev–Trinajstić information content (AvgIpc) is 2.58. The summed E-state index contributed by atoms with van der Waals surface area (Å²) in [6.07, 6.45) is 3.02. The van der Waals surface area contributed by atoms with Crippen LogP contribution in [0.15, 0.2) is 27.8 Å². The van der Waals surface area contributed by atoms with Gasteiger partial charge < -0.3 is 0 Å². The molecule has 0 N–H and O–H groups in total. The van der Waals surface area contributed by atoms with Crippen LogP contribution < -0.4 is 0 Å². The number of nitrogens with zero attached hydrogens (tertiary/aromatic N) is 2. The molecule has 2 rings (SSSR count). The maximum absolute atomic E-state index is 12.2. The molecule has 1 aromatic rings. The number of rotatable bonds is 2. The molecule has 1 aromatic heterocycles. The normalized spacial score (nSPS) is 20.9. The highest BCUT2D eigenvalue weighted by Gasteiger charge is 2.36. The first-order chi connectivity index (χ1) is 7.91. The van der Waals surface area contributed by atoms with E-state index in [1.54, 1.807) is 0 Å². The van der Waals surface area contributed by atoms with Crippen molar-refractivity contribution in [2.24, 2.45) is 5.92 Å². The highest BCUT2D eigenvalue weighted by Crippen LogP contribution is 2.25. The lowest BCUT2D eigenvalue weighted by Gasteiger charge is -2.16. The van der Waals surface area contributed by atoms with Gasteiger partial charge in [-0.25, -0.2) is 12.7 Å². The Labute approximate surface area is 108 Å². The van der Waals surface area contributed by atoms with Crippen molar-refractivity contribution >= 4 is 31.9 Å². The average molecular weight is 319 g/mol. The van der Waals surface area contributed by atoms with Gasteiger partial charge in [0, 0.05) is 29.8 Å². The molecule has 5 nitrogen and oxygen atoms in total. The van der Waals surface area contributed by atoms with Crippen molar-refractivity contribution in [2.45, 2.75) is 18.2 Å². The Morgan fingerprint density at radius 3 is 2.71 bits per heavy atom. The van der Waals surface area contributed by atoms with Crippen molar-refractivity contribution in [1.82, 2.24) is 9.29 Å². The molecule has 1 amide bonds. The van der Waals surface area contributed by atoms with Gasteiger partial charge in [0.05, 0.1) is 0 Å². The van der Waals surface area contributed by atoms with E-state index in [-0.39, 0.29) is 29.7 Å². The maximum Gasteiger partial charge on any atom is 0.268 e. The Morgan fingerprint density at radius 2 is 2.18 bits per heavy atom. The van der Waals surface area contributed by atoms with Gasteiger partial charge in [-0.3, -0.25) is 9.78 Å². The second kappa shape index (κ2) is 4.38. The van der Waals surface area contributed by atoms with E-state index in [1.807, 2.05) is 6.92 Å². The third kappa shape index (κ3) is 2.35. The summed E-state index contributed by atoms with van der Waals surface area (Å²) in [5, 5.41) is 0. The van der Waals surface area contributed by atoms with Gasteiger partial charge in [0.25, 0.3) is 10.0 Å². The number of sulfonamides is 1. The molecule has 0 unspecified atom stereocenters. The van der Waals surface area contributed by atoms with Crippen molar-refractivity contribution in [1.29, 1.82) is 0 Å². The third-order valence-electron chi connectivity index (χ3n) is 2.55. The molecule has 0 bridgehead atoms. The maximum atomic E-state index is 12.2. The molecule has 2 heterocycles. The number of carbonyl (C=O) groups is 1. The van der Waals surface area contributed by atoms with Crippen LogP contribution in [0, 0.1) is 5.92 Å². The molecule has 0 aliphatic carbocycles.